The lowest BCUT2D eigenvalue weighted by Crippen LogP contribution is -2.41. The van der Waals surface area contributed by atoms with E-state index in [0.717, 1.165) is 30.8 Å². The van der Waals surface area contributed by atoms with Crippen LogP contribution in [0.25, 0.3) is 0 Å². The van der Waals surface area contributed by atoms with Crippen LogP contribution < -0.4 is 4.74 Å². The molecule has 0 radical (unpaired) electrons. The summed E-state index contributed by atoms with van der Waals surface area (Å²) in [5.41, 5.74) is 2.04. The summed E-state index contributed by atoms with van der Waals surface area (Å²) in [5, 5.41) is 3.99. The Morgan fingerprint density at radius 3 is 2.80 bits per heavy atom. The zero-order valence-corrected chi connectivity index (χ0v) is 15.2. The first kappa shape index (κ1) is 17.5. The summed E-state index contributed by atoms with van der Waals surface area (Å²) >= 11 is 0. The number of hydrogen-bond acceptors (Lipinski definition) is 4. The topological polar surface area (TPSA) is 55.6 Å². The van der Waals surface area contributed by atoms with Crippen LogP contribution in [0.3, 0.4) is 0 Å². The number of amides is 1. The highest BCUT2D eigenvalue weighted by Crippen LogP contribution is 2.22. The number of nitrogens with zero attached hydrogens (tertiary/aromatic N) is 2. The number of hydrogen-bond donors (Lipinski definition) is 0. The van der Waals surface area contributed by atoms with E-state index in [1.54, 1.807) is 6.07 Å². The summed E-state index contributed by atoms with van der Waals surface area (Å²) in [6.07, 6.45) is 2.06. The number of rotatable bonds is 5. The number of carbonyl (C=O) groups is 1. The van der Waals surface area contributed by atoms with Gasteiger partial charge in [0.2, 0.25) is 5.76 Å². The lowest BCUT2D eigenvalue weighted by molar-refractivity contribution is 0.0593. The molecule has 1 fully saturated rings. The first-order valence-corrected chi connectivity index (χ1v) is 8.98. The van der Waals surface area contributed by atoms with Gasteiger partial charge in [-0.1, -0.05) is 36.7 Å². The monoisotopic (exact) mass is 342 g/mol. The van der Waals surface area contributed by atoms with Crippen LogP contribution in [0.15, 0.2) is 34.9 Å². The fourth-order valence-electron chi connectivity index (χ4n) is 3.05. The number of benzene rings is 1. The van der Waals surface area contributed by atoms with E-state index in [-0.39, 0.29) is 11.8 Å². The maximum Gasteiger partial charge on any atom is 0.292 e. The molecule has 134 valence electrons. The van der Waals surface area contributed by atoms with E-state index in [2.05, 4.69) is 12.1 Å². The van der Waals surface area contributed by atoms with Crippen molar-refractivity contribution in [2.75, 3.05) is 19.7 Å². The molecule has 0 spiro atoms. The van der Waals surface area contributed by atoms with Crippen molar-refractivity contribution in [1.82, 2.24) is 10.1 Å². The molecule has 1 amide bonds. The highest BCUT2D eigenvalue weighted by atomic mass is 16.5. The number of likely N-dealkylation sites (tertiary alicyclic amines) is 1. The second-order valence-electron chi connectivity index (χ2n) is 7.15. The quantitative estimate of drug-likeness (QED) is 0.823. The zero-order valence-electron chi connectivity index (χ0n) is 15.2. The molecule has 1 saturated heterocycles. The normalized spacial score (nSPS) is 17.8. The molecule has 0 bridgehead atoms. The molecule has 2 aromatic rings. The number of piperidine rings is 1. The SMILES string of the molecule is Cc1ccc(OC[C@H]2CCCN(C(=O)c3cc(C(C)C)no3)C2)cc1. The fourth-order valence-corrected chi connectivity index (χ4v) is 3.05. The molecule has 1 atom stereocenters. The van der Waals surface area contributed by atoms with Crippen molar-refractivity contribution in [2.24, 2.45) is 5.92 Å². The zero-order chi connectivity index (χ0) is 17.8. The first-order chi connectivity index (χ1) is 12.0. The van der Waals surface area contributed by atoms with Crippen molar-refractivity contribution >= 4 is 5.91 Å². The number of ether oxygens (including phenoxy) is 1. The minimum Gasteiger partial charge on any atom is -0.493 e. The van der Waals surface area contributed by atoms with Gasteiger partial charge >= 0.3 is 0 Å². The molecule has 2 heterocycles. The number of aryl methyl sites for hydroxylation is 1. The molecule has 0 aliphatic carbocycles. The third-order valence-electron chi connectivity index (χ3n) is 4.64. The van der Waals surface area contributed by atoms with Crippen LogP contribution in [-0.4, -0.2) is 35.7 Å². The van der Waals surface area contributed by atoms with Crippen molar-refractivity contribution in [3.05, 3.63) is 47.3 Å². The maximum absolute atomic E-state index is 12.6. The Morgan fingerprint density at radius 1 is 1.36 bits per heavy atom. The largest absolute Gasteiger partial charge is 0.493 e. The summed E-state index contributed by atoms with van der Waals surface area (Å²) in [6, 6.07) is 9.83. The van der Waals surface area contributed by atoms with Gasteiger partial charge in [-0.3, -0.25) is 4.79 Å². The molecule has 25 heavy (non-hydrogen) atoms. The highest BCUT2D eigenvalue weighted by molar-refractivity contribution is 5.91. The van der Waals surface area contributed by atoms with Gasteiger partial charge in [-0.25, -0.2) is 0 Å². The maximum atomic E-state index is 12.6. The van der Waals surface area contributed by atoms with E-state index in [4.69, 9.17) is 9.26 Å². The van der Waals surface area contributed by atoms with E-state index in [9.17, 15) is 4.79 Å². The van der Waals surface area contributed by atoms with Crippen LogP contribution in [0.4, 0.5) is 0 Å². The number of aromatic nitrogens is 1. The van der Waals surface area contributed by atoms with Gasteiger partial charge in [-0.05, 0) is 37.8 Å². The molecule has 0 N–H and O–H groups in total. The van der Waals surface area contributed by atoms with Crippen molar-refractivity contribution in [3.8, 4) is 5.75 Å². The van der Waals surface area contributed by atoms with Crippen LogP contribution >= 0.6 is 0 Å². The summed E-state index contributed by atoms with van der Waals surface area (Å²) in [5.74, 6) is 1.74. The van der Waals surface area contributed by atoms with Gasteiger partial charge in [0.15, 0.2) is 0 Å². The van der Waals surface area contributed by atoms with Crippen molar-refractivity contribution in [3.63, 3.8) is 0 Å². The minimum absolute atomic E-state index is 0.0700. The van der Waals surface area contributed by atoms with Crippen LogP contribution in [0, 0.1) is 12.8 Å². The summed E-state index contributed by atoms with van der Waals surface area (Å²) in [7, 11) is 0. The van der Waals surface area contributed by atoms with Crippen LogP contribution in [0.1, 0.15) is 54.4 Å². The molecule has 0 unspecified atom stereocenters. The molecular formula is C20H26N2O3. The molecule has 5 nitrogen and oxygen atoms in total. The lowest BCUT2D eigenvalue weighted by atomic mass is 9.98. The molecule has 3 rings (SSSR count). The number of carbonyl (C=O) groups excluding carboxylic acids is 1. The van der Waals surface area contributed by atoms with E-state index in [1.807, 2.05) is 43.0 Å². The van der Waals surface area contributed by atoms with Crippen LogP contribution in [0.5, 0.6) is 5.75 Å². The highest BCUT2D eigenvalue weighted by Gasteiger charge is 2.27. The van der Waals surface area contributed by atoms with E-state index in [0.29, 0.717) is 24.8 Å². The molecule has 1 aliphatic heterocycles. The van der Waals surface area contributed by atoms with Crippen molar-refractivity contribution < 1.29 is 14.1 Å². The van der Waals surface area contributed by atoms with Gasteiger partial charge in [-0.15, -0.1) is 0 Å². The average Bonchev–Trinajstić information content (AvgIpc) is 3.11. The standard InChI is InChI=1S/C20H26N2O3/c1-14(2)18-11-19(25-21-18)20(23)22-10-4-5-16(12-22)13-24-17-8-6-15(3)7-9-17/h6-9,11,14,16H,4-5,10,12-13H2,1-3H3/t16-/m0/s1. The van der Waals surface area contributed by atoms with Crippen molar-refractivity contribution in [2.45, 2.75) is 39.5 Å². The van der Waals surface area contributed by atoms with Gasteiger partial charge in [0.05, 0.1) is 12.3 Å². The smallest absolute Gasteiger partial charge is 0.292 e. The van der Waals surface area contributed by atoms with Gasteiger partial charge in [0, 0.05) is 25.1 Å². The summed E-state index contributed by atoms with van der Waals surface area (Å²) in [4.78, 5) is 14.5. The Bertz CT molecular complexity index is 706. The van der Waals surface area contributed by atoms with Gasteiger partial charge in [0.1, 0.15) is 5.75 Å². The van der Waals surface area contributed by atoms with Crippen molar-refractivity contribution in [1.29, 1.82) is 0 Å². The third-order valence-corrected chi connectivity index (χ3v) is 4.64. The third kappa shape index (κ3) is 4.41. The molecule has 5 heteroatoms. The molecular weight excluding hydrogens is 316 g/mol. The average molecular weight is 342 g/mol. The van der Waals surface area contributed by atoms with E-state index < -0.39 is 0 Å². The Balaban J connectivity index is 1.56. The minimum atomic E-state index is -0.0700. The molecule has 1 aromatic heterocycles. The van der Waals surface area contributed by atoms with Gasteiger partial charge in [0.25, 0.3) is 5.91 Å². The van der Waals surface area contributed by atoms with Crippen LogP contribution in [-0.2, 0) is 0 Å². The van der Waals surface area contributed by atoms with E-state index in [1.165, 1.54) is 5.56 Å². The first-order valence-electron chi connectivity index (χ1n) is 8.98. The lowest BCUT2D eigenvalue weighted by Gasteiger charge is -2.32. The molecule has 1 aliphatic rings. The summed E-state index contributed by atoms with van der Waals surface area (Å²) < 4.78 is 11.1. The second-order valence-corrected chi connectivity index (χ2v) is 7.15. The predicted molar refractivity (Wildman–Crippen MR) is 95.9 cm³/mol. The van der Waals surface area contributed by atoms with E-state index >= 15 is 0 Å². The van der Waals surface area contributed by atoms with Gasteiger partial charge < -0.3 is 14.2 Å². The molecule has 0 saturated carbocycles. The molecule has 1 aromatic carbocycles. The second kappa shape index (κ2) is 7.72. The van der Waals surface area contributed by atoms with Gasteiger partial charge in [-0.2, -0.15) is 0 Å². The fraction of sp³-hybridized carbons (Fsp3) is 0.500. The Morgan fingerprint density at radius 2 is 2.12 bits per heavy atom. The Hall–Kier alpha value is -2.30. The predicted octanol–water partition coefficient (Wildman–Crippen LogP) is 4.04. The van der Waals surface area contributed by atoms with Crippen LogP contribution in [0.2, 0.25) is 0 Å². The Labute approximate surface area is 148 Å². The summed E-state index contributed by atoms with van der Waals surface area (Å²) in [6.45, 7) is 8.21. The Kier molecular flexibility index (Phi) is 5.41.